The molecule has 1 fully saturated rings. The van der Waals surface area contributed by atoms with Crippen molar-refractivity contribution in [3.63, 3.8) is 0 Å². The first kappa shape index (κ1) is 25.9. The first-order valence-electron chi connectivity index (χ1n) is 12.8. The molecule has 7 heteroatoms. The predicted molar refractivity (Wildman–Crippen MR) is 136 cm³/mol. The van der Waals surface area contributed by atoms with Crippen molar-refractivity contribution < 1.29 is 23.5 Å². The maximum Gasteiger partial charge on any atom is 0.310 e. The number of carbonyl (C=O) groups is 3. The van der Waals surface area contributed by atoms with Crippen molar-refractivity contribution in [1.29, 1.82) is 0 Å². The Kier molecular flexibility index (Phi) is 7.76. The van der Waals surface area contributed by atoms with E-state index in [4.69, 9.17) is 4.74 Å². The van der Waals surface area contributed by atoms with Crippen LogP contribution in [0.15, 0.2) is 48.5 Å². The summed E-state index contributed by atoms with van der Waals surface area (Å²) in [5.41, 5.74) is 1.72. The Hall–Kier alpha value is -3.22. The Morgan fingerprint density at radius 2 is 1.81 bits per heavy atom. The minimum Gasteiger partial charge on any atom is -0.460 e. The number of fused-ring (bicyclic) bond motifs is 1. The Labute approximate surface area is 212 Å². The number of para-hydroxylation sites is 1. The van der Waals surface area contributed by atoms with E-state index in [-0.39, 0.29) is 30.7 Å². The first-order chi connectivity index (χ1) is 17.1. The van der Waals surface area contributed by atoms with E-state index in [1.54, 1.807) is 48.8 Å². The lowest BCUT2D eigenvalue weighted by molar-refractivity contribution is -0.162. The fourth-order valence-corrected chi connectivity index (χ4v) is 5.14. The number of carbonyl (C=O) groups excluding carboxylic acids is 3. The Bertz CT molecular complexity index is 1130. The summed E-state index contributed by atoms with van der Waals surface area (Å²) in [5.74, 6) is -1.80. The zero-order valence-corrected chi connectivity index (χ0v) is 21.3. The van der Waals surface area contributed by atoms with E-state index in [0.29, 0.717) is 25.1 Å². The maximum atomic E-state index is 14.4. The van der Waals surface area contributed by atoms with Crippen LogP contribution >= 0.6 is 0 Å². The number of nitrogens with zero attached hydrogens (tertiary/aromatic N) is 2. The van der Waals surface area contributed by atoms with E-state index in [1.165, 1.54) is 6.07 Å². The number of likely N-dealkylation sites (tertiary alicyclic amines) is 1. The highest BCUT2D eigenvalue weighted by Crippen LogP contribution is 2.30. The average Bonchev–Trinajstić information content (AvgIpc) is 3.29. The van der Waals surface area contributed by atoms with Crippen LogP contribution in [-0.4, -0.2) is 47.4 Å². The summed E-state index contributed by atoms with van der Waals surface area (Å²) in [4.78, 5) is 42.9. The lowest BCUT2D eigenvalue weighted by Crippen LogP contribution is -2.47. The first-order valence-corrected chi connectivity index (χ1v) is 12.8. The van der Waals surface area contributed by atoms with Gasteiger partial charge < -0.3 is 14.5 Å². The molecule has 2 amide bonds. The van der Waals surface area contributed by atoms with Gasteiger partial charge in [0.1, 0.15) is 11.4 Å². The summed E-state index contributed by atoms with van der Waals surface area (Å²) in [6, 6.07) is 14.1. The molecule has 0 spiro atoms. The molecule has 0 aromatic heterocycles. The largest absolute Gasteiger partial charge is 0.460 e. The zero-order valence-electron chi connectivity index (χ0n) is 21.3. The van der Waals surface area contributed by atoms with Crippen LogP contribution in [0.25, 0.3) is 0 Å². The predicted octanol–water partition coefficient (Wildman–Crippen LogP) is 4.69. The highest BCUT2D eigenvalue weighted by molar-refractivity contribution is 5.96. The smallest absolute Gasteiger partial charge is 0.310 e. The van der Waals surface area contributed by atoms with Crippen LogP contribution in [0.3, 0.4) is 0 Å². The summed E-state index contributed by atoms with van der Waals surface area (Å²) in [7, 11) is 0. The molecule has 0 aliphatic carbocycles. The van der Waals surface area contributed by atoms with E-state index < -0.39 is 23.3 Å². The second-order valence-electron chi connectivity index (χ2n) is 10.7. The Morgan fingerprint density at radius 3 is 2.56 bits per heavy atom. The summed E-state index contributed by atoms with van der Waals surface area (Å²) >= 11 is 0. The lowest BCUT2D eigenvalue weighted by Gasteiger charge is -2.35. The van der Waals surface area contributed by atoms with Gasteiger partial charge in [0.2, 0.25) is 11.8 Å². The molecule has 4 rings (SSSR count). The minimum atomic E-state index is -0.799. The van der Waals surface area contributed by atoms with Gasteiger partial charge in [-0.25, -0.2) is 4.39 Å². The molecule has 0 N–H and O–H groups in total. The van der Waals surface area contributed by atoms with E-state index in [0.717, 1.165) is 30.5 Å². The fraction of sp³-hybridized carbons (Fsp3) is 0.483. The molecule has 0 saturated carbocycles. The maximum absolute atomic E-state index is 14.4. The molecule has 1 saturated heterocycles. The van der Waals surface area contributed by atoms with Crippen molar-refractivity contribution in [2.24, 2.45) is 5.92 Å². The van der Waals surface area contributed by atoms with Crippen LogP contribution in [0, 0.1) is 11.7 Å². The number of amides is 2. The van der Waals surface area contributed by atoms with Crippen LogP contribution in [0.1, 0.15) is 57.6 Å². The molecular weight excluding hydrogens is 459 g/mol. The molecule has 2 aliphatic rings. The summed E-state index contributed by atoms with van der Waals surface area (Å²) in [5, 5.41) is 0. The third-order valence-electron chi connectivity index (χ3n) is 6.87. The van der Waals surface area contributed by atoms with Gasteiger partial charge in [-0.2, -0.15) is 0 Å². The van der Waals surface area contributed by atoms with E-state index in [1.807, 2.05) is 24.3 Å². The number of aryl methyl sites for hydroxylation is 1. The third-order valence-corrected chi connectivity index (χ3v) is 6.87. The molecule has 2 aromatic rings. The third kappa shape index (κ3) is 6.12. The van der Waals surface area contributed by atoms with Crippen LogP contribution in [-0.2, 0) is 32.0 Å². The highest BCUT2D eigenvalue weighted by atomic mass is 19.1. The molecule has 0 bridgehead atoms. The van der Waals surface area contributed by atoms with Crippen molar-refractivity contribution in [2.75, 3.05) is 18.0 Å². The number of halogens is 1. The van der Waals surface area contributed by atoms with Crippen LogP contribution in [0.4, 0.5) is 10.1 Å². The number of ether oxygens (including phenoxy) is 1. The number of rotatable bonds is 7. The standard InChI is InChI=1S/C29H35FN2O4/c1-29(2,3)36-28(35)22(17-21-10-4-6-12-24(21)30)18-27(34)31-16-8-11-23(31)19-32-25-13-7-5-9-20(25)14-15-26(32)33/h4-7,9-10,12-13,22-23H,8,11,14-19H2,1-3H3/t22-,23+/m1/s1. The van der Waals surface area contributed by atoms with Gasteiger partial charge in [0.25, 0.3) is 0 Å². The van der Waals surface area contributed by atoms with Crippen molar-refractivity contribution in [1.82, 2.24) is 4.90 Å². The van der Waals surface area contributed by atoms with E-state index in [9.17, 15) is 18.8 Å². The van der Waals surface area contributed by atoms with E-state index in [2.05, 4.69) is 0 Å². The molecular formula is C29H35FN2O4. The molecule has 6 nitrogen and oxygen atoms in total. The number of benzene rings is 2. The molecule has 0 unspecified atom stereocenters. The molecule has 192 valence electrons. The minimum absolute atomic E-state index is 0.0652. The number of anilines is 1. The van der Waals surface area contributed by atoms with Gasteiger partial charge in [-0.15, -0.1) is 0 Å². The molecule has 2 heterocycles. The summed E-state index contributed by atoms with van der Waals surface area (Å²) in [6.45, 7) is 6.34. The highest BCUT2D eigenvalue weighted by Gasteiger charge is 2.36. The van der Waals surface area contributed by atoms with Gasteiger partial charge in [0.05, 0.1) is 5.92 Å². The Balaban J connectivity index is 1.50. The lowest BCUT2D eigenvalue weighted by atomic mass is 9.94. The van der Waals surface area contributed by atoms with Gasteiger partial charge in [-0.1, -0.05) is 36.4 Å². The summed E-state index contributed by atoms with van der Waals surface area (Å²) in [6.07, 6.45) is 2.84. The van der Waals surface area contributed by atoms with Gasteiger partial charge in [-0.3, -0.25) is 14.4 Å². The van der Waals surface area contributed by atoms with Crippen molar-refractivity contribution in [3.8, 4) is 0 Å². The Morgan fingerprint density at radius 1 is 1.08 bits per heavy atom. The van der Waals surface area contributed by atoms with Crippen molar-refractivity contribution in [3.05, 3.63) is 65.5 Å². The molecule has 2 aliphatic heterocycles. The van der Waals surface area contributed by atoms with Crippen LogP contribution in [0.5, 0.6) is 0 Å². The zero-order chi connectivity index (χ0) is 25.9. The number of esters is 1. The second-order valence-corrected chi connectivity index (χ2v) is 10.7. The average molecular weight is 495 g/mol. The SMILES string of the molecule is CC(C)(C)OC(=O)[C@@H](CC(=O)N1CCC[C@H]1CN1C(=O)CCc2ccccc21)Cc1ccccc1F. The van der Waals surface area contributed by atoms with Gasteiger partial charge in [0, 0.05) is 37.7 Å². The quantitative estimate of drug-likeness (QED) is 0.524. The number of hydrogen-bond donors (Lipinski definition) is 0. The number of hydrogen-bond acceptors (Lipinski definition) is 4. The second kappa shape index (κ2) is 10.8. The molecule has 2 atom stereocenters. The topological polar surface area (TPSA) is 66.9 Å². The van der Waals surface area contributed by atoms with Crippen LogP contribution in [0.2, 0.25) is 0 Å². The van der Waals surface area contributed by atoms with Crippen LogP contribution < -0.4 is 4.90 Å². The van der Waals surface area contributed by atoms with Crippen molar-refractivity contribution >= 4 is 23.5 Å². The molecule has 2 aromatic carbocycles. The molecule has 0 radical (unpaired) electrons. The normalized spacial score (nSPS) is 18.7. The fourth-order valence-electron chi connectivity index (χ4n) is 5.14. The monoisotopic (exact) mass is 494 g/mol. The van der Waals surface area contributed by atoms with Gasteiger partial charge >= 0.3 is 5.97 Å². The summed E-state index contributed by atoms with van der Waals surface area (Å²) < 4.78 is 20.0. The van der Waals surface area contributed by atoms with E-state index >= 15 is 0 Å². The van der Waals surface area contributed by atoms with Gasteiger partial charge in [-0.05, 0) is 69.7 Å². The van der Waals surface area contributed by atoms with Crippen molar-refractivity contribution in [2.45, 2.75) is 70.9 Å². The van der Waals surface area contributed by atoms with Gasteiger partial charge in [0.15, 0.2) is 0 Å². The molecule has 36 heavy (non-hydrogen) atoms.